The molecule has 0 heterocycles. The Hall–Kier alpha value is -2.60. The molecule has 0 bridgehead atoms. The average Bonchev–Trinajstić information content (AvgIpc) is 2.65. The zero-order chi connectivity index (χ0) is 17.8. The molecule has 25 heavy (non-hydrogen) atoms. The van der Waals surface area contributed by atoms with Crippen LogP contribution >= 0.6 is 0 Å². The van der Waals surface area contributed by atoms with E-state index in [1.54, 1.807) is 24.7 Å². The number of methoxy groups -OCH3 is 1. The smallest absolute Gasteiger partial charge is 0.246 e. The molecule has 2 aromatic rings. The number of benzene rings is 2. The van der Waals surface area contributed by atoms with E-state index >= 15 is 0 Å². The van der Waals surface area contributed by atoms with E-state index in [0.29, 0.717) is 19.4 Å². The van der Waals surface area contributed by atoms with Crippen LogP contribution in [0.5, 0.6) is 5.75 Å². The number of rotatable bonds is 5. The second-order valence-electron chi connectivity index (χ2n) is 6.22. The van der Waals surface area contributed by atoms with E-state index in [4.69, 9.17) is 9.94 Å². The number of hydrogen-bond donors (Lipinski definition) is 3. The van der Waals surface area contributed by atoms with Gasteiger partial charge in [-0.25, -0.2) is 9.87 Å². The molecule has 132 valence electrons. The molecule has 3 N–H and O–H groups in total. The number of carbonyl (C=O) groups is 1. The molecule has 1 atom stereocenters. The van der Waals surface area contributed by atoms with Gasteiger partial charge in [-0.1, -0.05) is 12.1 Å². The molecule has 1 unspecified atom stereocenters. The van der Waals surface area contributed by atoms with Gasteiger partial charge < -0.3 is 10.1 Å². The molecule has 1 aliphatic rings. The first-order valence-electron chi connectivity index (χ1n) is 8.22. The van der Waals surface area contributed by atoms with E-state index in [1.165, 1.54) is 12.1 Å². The highest BCUT2D eigenvalue weighted by Gasteiger charge is 2.25. The van der Waals surface area contributed by atoms with E-state index in [9.17, 15) is 9.18 Å². The lowest BCUT2D eigenvalue weighted by Gasteiger charge is -2.25. The molecule has 0 saturated carbocycles. The first kappa shape index (κ1) is 17.2. The van der Waals surface area contributed by atoms with Gasteiger partial charge >= 0.3 is 0 Å². The van der Waals surface area contributed by atoms with Crippen LogP contribution in [0.2, 0.25) is 0 Å². The number of hydrogen-bond acceptors (Lipinski definition) is 4. The van der Waals surface area contributed by atoms with Gasteiger partial charge in [0, 0.05) is 12.5 Å². The predicted molar refractivity (Wildman–Crippen MR) is 92.2 cm³/mol. The number of carbonyl (C=O) groups excluding carboxylic acids is 1. The van der Waals surface area contributed by atoms with Crippen molar-refractivity contribution in [3.8, 4) is 5.75 Å². The van der Waals surface area contributed by atoms with Crippen molar-refractivity contribution >= 4 is 11.6 Å². The maximum atomic E-state index is 13.0. The van der Waals surface area contributed by atoms with E-state index in [0.717, 1.165) is 34.5 Å². The van der Waals surface area contributed by atoms with Gasteiger partial charge in [0.15, 0.2) is 0 Å². The SMILES string of the molecule is COc1cc2c(cc1NCc1ccc(F)cc1)CC(C(=O)NO)CC2. The van der Waals surface area contributed by atoms with Crippen molar-refractivity contribution in [1.29, 1.82) is 0 Å². The van der Waals surface area contributed by atoms with Crippen molar-refractivity contribution in [2.24, 2.45) is 5.92 Å². The summed E-state index contributed by atoms with van der Waals surface area (Å²) in [6, 6.07) is 10.3. The molecule has 6 heteroatoms. The molecule has 0 saturated heterocycles. The van der Waals surface area contributed by atoms with Crippen LogP contribution < -0.4 is 15.5 Å². The van der Waals surface area contributed by atoms with Gasteiger partial charge in [0.05, 0.1) is 12.8 Å². The van der Waals surface area contributed by atoms with Gasteiger partial charge in [-0.15, -0.1) is 0 Å². The summed E-state index contributed by atoms with van der Waals surface area (Å²) in [5, 5.41) is 12.2. The fourth-order valence-corrected chi connectivity index (χ4v) is 3.21. The molecule has 3 rings (SSSR count). The Morgan fingerprint density at radius 1 is 1.28 bits per heavy atom. The van der Waals surface area contributed by atoms with E-state index in [2.05, 4.69) is 5.32 Å². The molecule has 0 aromatic heterocycles. The maximum absolute atomic E-state index is 13.0. The summed E-state index contributed by atoms with van der Waals surface area (Å²) in [5.41, 5.74) is 5.76. The zero-order valence-electron chi connectivity index (χ0n) is 14.0. The second kappa shape index (κ2) is 7.53. The van der Waals surface area contributed by atoms with E-state index < -0.39 is 0 Å². The molecule has 0 spiro atoms. The second-order valence-corrected chi connectivity index (χ2v) is 6.22. The van der Waals surface area contributed by atoms with Crippen molar-refractivity contribution in [3.05, 3.63) is 58.9 Å². The molecule has 1 aliphatic carbocycles. The Kier molecular flexibility index (Phi) is 5.19. The van der Waals surface area contributed by atoms with Crippen molar-refractivity contribution in [3.63, 3.8) is 0 Å². The van der Waals surface area contributed by atoms with Crippen molar-refractivity contribution < 1.29 is 19.1 Å². The third-order valence-corrected chi connectivity index (χ3v) is 4.63. The summed E-state index contributed by atoms with van der Waals surface area (Å²) in [4.78, 5) is 11.7. The number of halogens is 1. The molecule has 2 aromatic carbocycles. The lowest BCUT2D eigenvalue weighted by molar-refractivity contribution is -0.133. The summed E-state index contributed by atoms with van der Waals surface area (Å²) in [6.45, 7) is 0.538. The van der Waals surface area contributed by atoms with Gasteiger partial charge in [-0.05, 0) is 60.2 Å². The molecule has 5 nitrogen and oxygen atoms in total. The molecule has 0 fully saturated rings. The van der Waals surface area contributed by atoms with Gasteiger partial charge in [-0.2, -0.15) is 0 Å². The largest absolute Gasteiger partial charge is 0.495 e. The molecule has 0 aliphatic heterocycles. The minimum atomic E-state index is -0.345. The van der Waals surface area contributed by atoms with Gasteiger partial charge in [0.25, 0.3) is 0 Å². The Morgan fingerprint density at radius 2 is 2.04 bits per heavy atom. The highest BCUT2D eigenvalue weighted by atomic mass is 19.1. The quantitative estimate of drug-likeness (QED) is 0.576. The average molecular weight is 344 g/mol. The molecule has 0 radical (unpaired) electrons. The number of aryl methyl sites for hydroxylation is 1. The highest BCUT2D eigenvalue weighted by molar-refractivity contribution is 5.78. The van der Waals surface area contributed by atoms with Crippen molar-refractivity contribution in [1.82, 2.24) is 5.48 Å². The van der Waals surface area contributed by atoms with Crippen LogP contribution in [0.3, 0.4) is 0 Å². The Labute approximate surface area is 145 Å². The number of ether oxygens (including phenoxy) is 1. The summed E-state index contributed by atoms with van der Waals surface area (Å²) in [7, 11) is 1.62. The Balaban J connectivity index is 1.79. The van der Waals surface area contributed by atoms with Crippen LogP contribution in [0.1, 0.15) is 23.1 Å². The number of nitrogens with one attached hydrogen (secondary N) is 2. The first-order valence-corrected chi connectivity index (χ1v) is 8.22. The third-order valence-electron chi connectivity index (χ3n) is 4.63. The van der Waals surface area contributed by atoms with Crippen molar-refractivity contribution in [2.45, 2.75) is 25.8 Å². The summed E-state index contributed by atoms with van der Waals surface area (Å²) in [6.07, 6.45) is 2.05. The lowest BCUT2D eigenvalue weighted by Crippen LogP contribution is -2.32. The van der Waals surface area contributed by atoms with Crippen LogP contribution in [0.15, 0.2) is 36.4 Å². The minimum Gasteiger partial charge on any atom is -0.495 e. The van der Waals surface area contributed by atoms with Gasteiger partial charge in [0.2, 0.25) is 5.91 Å². The van der Waals surface area contributed by atoms with E-state index in [-0.39, 0.29) is 17.6 Å². The van der Waals surface area contributed by atoms with Crippen LogP contribution in [0, 0.1) is 11.7 Å². The lowest BCUT2D eigenvalue weighted by atomic mass is 9.83. The van der Waals surface area contributed by atoms with Crippen LogP contribution in [0.25, 0.3) is 0 Å². The minimum absolute atomic E-state index is 0.226. The molecule has 1 amide bonds. The summed E-state index contributed by atoms with van der Waals surface area (Å²) < 4.78 is 18.5. The summed E-state index contributed by atoms with van der Waals surface area (Å²) >= 11 is 0. The third kappa shape index (κ3) is 3.91. The normalized spacial score (nSPS) is 16.0. The van der Waals surface area contributed by atoms with Crippen LogP contribution in [-0.2, 0) is 24.2 Å². The van der Waals surface area contributed by atoms with Gasteiger partial charge in [0.1, 0.15) is 11.6 Å². The van der Waals surface area contributed by atoms with E-state index in [1.807, 2.05) is 12.1 Å². The standard InChI is InChI=1S/C19H21FN2O3/c1-25-18-10-13-4-5-14(19(23)22-24)8-15(13)9-17(18)21-11-12-2-6-16(20)7-3-12/h2-3,6-7,9-10,14,21,24H,4-5,8,11H2,1H3,(H,22,23). The maximum Gasteiger partial charge on any atom is 0.246 e. The van der Waals surface area contributed by atoms with Crippen LogP contribution in [-0.4, -0.2) is 18.2 Å². The summed E-state index contributed by atoms with van der Waals surface area (Å²) in [5.74, 6) is -0.0904. The molecular formula is C19H21FN2O3. The van der Waals surface area contributed by atoms with Crippen LogP contribution in [0.4, 0.5) is 10.1 Å². The topological polar surface area (TPSA) is 70.6 Å². The number of fused-ring (bicyclic) bond motifs is 1. The fourth-order valence-electron chi connectivity index (χ4n) is 3.21. The Bertz CT molecular complexity index is 762. The van der Waals surface area contributed by atoms with Gasteiger partial charge in [-0.3, -0.25) is 10.0 Å². The zero-order valence-corrected chi connectivity index (χ0v) is 14.0. The first-order chi connectivity index (χ1) is 12.1. The Morgan fingerprint density at radius 3 is 2.72 bits per heavy atom. The fraction of sp³-hybridized carbons (Fsp3) is 0.316. The van der Waals surface area contributed by atoms with Crippen molar-refractivity contribution in [2.75, 3.05) is 12.4 Å². The predicted octanol–water partition coefficient (Wildman–Crippen LogP) is 3.06. The number of hydroxylamine groups is 1. The molecular weight excluding hydrogens is 323 g/mol. The highest BCUT2D eigenvalue weighted by Crippen LogP contribution is 2.34. The monoisotopic (exact) mass is 344 g/mol. The number of amides is 1. The number of anilines is 1.